The molecule has 0 aliphatic rings. The topological polar surface area (TPSA) is 86.8 Å². The zero-order valence-electron chi connectivity index (χ0n) is 18.4. The van der Waals surface area contributed by atoms with Crippen LogP contribution in [0.15, 0.2) is 46.9 Å². The fraction of sp³-hybridized carbons (Fsp3) is 0.364. The average Bonchev–Trinajstić information content (AvgIpc) is 2.72. The van der Waals surface area contributed by atoms with Crippen molar-refractivity contribution < 1.29 is 18.0 Å². The van der Waals surface area contributed by atoms with Crippen LogP contribution in [0.5, 0.6) is 0 Å². The van der Waals surface area contributed by atoms with E-state index in [0.717, 1.165) is 20.6 Å². The van der Waals surface area contributed by atoms with Crippen LogP contribution in [0.3, 0.4) is 0 Å². The number of aryl methyl sites for hydroxylation is 1. The Morgan fingerprint density at radius 3 is 2.34 bits per heavy atom. The molecule has 0 spiro atoms. The summed E-state index contributed by atoms with van der Waals surface area (Å²) in [5.74, 6) is -0.820. The average molecular weight is 545 g/mol. The first-order valence-electron chi connectivity index (χ1n) is 9.99. The lowest BCUT2D eigenvalue weighted by Gasteiger charge is -2.32. The molecule has 1 N–H and O–H groups in total. The minimum Gasteiger partial charge on any atom is -0.355 e. The number of sulfonamides is 1. The molecule has 0 aliphatic carbocycles. The van der Waals surface area contributed by atoms with Crippen LogP contribution in [0.4, 0.5) is 5.69 Å². The summed E-state index contributed by atoms with van der Waals surface area (Å²) in [6, 6.07) is 11.4. The first-order chi connectivity index (χ1) is 14.9. The van der Waals surface area contributed by atoms with Crippen molar-refractivity contribution in [3.63, 3.8) is 0 Å². The maximum absolute atomic E-state index is 13.4. The van der Waals surface area contributed by atoms with E-state index in [9.17, 15) is 18.0 Å². The highest BCUT2D eigenvalue weighted by Crippen LogP contribution is 2.26. The van der Waals surface area contributed by atoms with Crippen molar-refractivity contribution in [2.45, 2.75) is 33.4 Å². The fourth-order valence-electron chi connectivity index (χ4n) is 3.14. The normalized spacial score (nSPS) is 12.2. The van der Waals surface area contributed by atoms with E-state index in [1.807, 2.05) is 24.3 Å². The molecule has 2 rings (SSSR count). The summed E-state index contributed by atoms with van der Waals surface area (Å²) in [4.78, 5) is 27.3. The predicted octanol–water partition coefficient (Wildman–Crippen LogP) is 3.73. The molecule has 1 atom stereocenters. The number of anilines is 1. The number of halogens is 2. The lowest BCUT2D eigenvalue weighted by Crippen LogP contribution is -2.51. The molecule has 0 heterocycles. The van der Waals surface area contributed by atoms with Crippen molar-refractivity contribution in [3.05, 3.63) is 63.1 Å². The minimum absolute atomic E-state index is 0.149. The molecule has 174 valence electrons. The first kappa shape index (κ1) is 26.2. The quantitative estimate of drug-likeness (QED) is 0.521. The first-order valence-corrected chi connectivity index (χ1v) is 13.0. The van der Waals surface area contributed by atoms with Gasteiger partial charge in [0.15, 0.2) is 0 Å². The monoisotopic (exact) mass is 543 g/mol. The van der Waals surface area contributed by atoms with Gasteiger partial charge in [-0.3, -0.25) is 13.9 Å². The van der Waals surface area contributed by atoms with Crippen LogP contribution in [-0.4, -0.2) is 50.5 Å². The number of carbonyl (C=O) groups is 2. The molecule has 2 amide bonds. The number of nitrogens with one attached hydrogen (secondary N) is 1. The van der Waals surface area contributed by atoms with Crippen LogP contribution in [0.1, 0.15) is 25.0 Å². The molecule has 0 aliphatic heterocycles. The van der Waals surface area contributed by atoms with Crippen LogP contribution in [0.25, 0.3) is 0 Å². The van der Waals surface area contributed by atoms with E-state index in [2.05, 4.69) is 21.2 Å². The highest BCUT2D eigenvalue weighted by Gasteiger charge is 2.30. The molecule has 10 heteroatoms. The van der Waals surface area contributed by atoms with Gasteiger partial charge in [0.2, 0.25) is 21.8 Å². The highest BCUT2D eigenvalue weighted by atomic mass is 79.9. The SMILES string of the molecule is CCNC(=O)[C@H](C)N(Cc1ccc(Br)cc1)C(=O)CN(c1cc(Cl)ccc1C)S(C)(=O)=O. The summed E-state index contributed by atoms with van der Waals surface area (Å²) in [7, 11) is -3.80. The van der Waals surface area contributed by atoms with Crippen molar-refractivity contribution in [2.75, 3.05) is 23.7 Å². The van der Waals surface area contributed by atoms with Crippen LogP contribution in [-0.2, 0) is 26.2 Å². The van der Waals surface area contributed by atoms with Crippen molar-refractivity contribution in [3.8, 4) is 0 Å². The zero-order valence-corrected chi connectivity index (χ0v) is 21.6. The van der Waals surface area contributed by atoms with Gasteiger partial charge in [0.25, 0.3) is 0 Å². The Morgan fingerprint density at radius 2 is 1.78 bits per heavy atom. The van der Waals surface area contributed by atoms with Crippen LogP contribution in [0.2, 0.25) is 5.02 Å². The molecule has 0 bridgehead atoms. The molecule has 0 radical (unpaired) electrons. The molecule has 7 nitrogen and oxygen atoms in total. The third-order valence-electron chi connectivity index (χ3n) is 4.90. The van der Waals surface area contributed by atoms with Gasteiger partial charge in [-0.1, -0.05) is 45.7 Å². The van der Waals surface area contributed by atoms with E-state index < -0.39 is 28.5 Å². The Bertz CT molecular complexity index is 1080. The van der Waals surface area contributed by atoms with Crippen molar-refractivity contribution in [1.29, 1.82) is 0 Å². The standard InChI is InChI=1S/C22H27BrClN3O4S/c1-5-25-22(29)16(3)26(13-17-7-9-18(23)10-8-17)21(28)14-27(32(4,30)31)20-12-19(24)11-6-15(20)2/h6-12,16H,5,13-14H2,1-4H3,(H,25,29)/t16-/m0/s1. The molecule has 0 unspecified atom stereocenters. The van der Waals surface area contributed by atoms with Crippen molar-refractivity contribution in [2.24, 2.45) is 0 Å². The lowest BCUT2D eigenvalue weighted by molar-refractivity contribution is -0.139. The van der Waals surface area contributed by atoms with E-state index in [1.54, 1.807) is 32.9 Å². The van der Waals surface area contributed by atoms with Gasteiger partial charge in [0, 0.05) is 22.6 Å². The van der Waals surface area contributed by atoms with Gasteiger partial charge in [0.1, 0.15) is 12.6 Å². The number of hydrogen-bond donors (Lipinski definition) is 1. The summed E-state index contributed by atoms with van der Waals surface area (Å²) >= 11 is 9.46. The second-order valence-electron chi connectivity index (χ2n) is 7.42. The third-order valence-corrected chi connectivity index (χ3v) is 6.79. The van der Waals surface area contributed by atoms with E-state index in [-0.39, 0.29) is 12.5 Å². The Labute approximate surface area is 202 Å². The molecular formula is C22H27BrClN3O4S. The minimum atomic E-state index is -3.80. The van der Waals surface area contributed by atoms with Gasteiger partial charge in [0.05, 0.1) is 11.9 Å². The van der Waals surface area contributed by atoms with Gasteiger partial charge >= 0.3 is 0 Å². The number of hydrogen-bond acceptors (Lipinski definition) is 4. The summed E-state index contributed by atoms with van der Waals surface area (Å²) in [5, 5.41) is 3.07. The molecule has 0 saturated heterocycles. The maximum Gasteiger partial charge on any atom is 0.244 e. The molecule has 32 heavy (non-hydrogen) atoms. The summed E-state index contributed by atoms with van der Waals surface area (Å²) in [5.41, 5.74) is 1.79. The van der Waals surface area contributed by atoms with Crippen LogP contribution in [0, 0.1) is 6.92 Å². The zero-order chi connectivity index (χ0) is 24.1. The summed E-state index contributed by atoms with van der Waals surface area (Å²) < 4.78 is 27.1. The lowest BCUT2D eigenvalue weighted by atomic mass is 10.1. The summed E-state index contributed by atoms with van der Waals surface area (Å²) in [6.45, 7) is 5.26. The molecule has 0 fully saturated rings. The number of nitrogens with zero attached hydrogens (tertiary/aromatic N) is 2. The van der Waals surface area contributed by atoms with Crippen molar-refractivity contribution >= 4 is 55.1 Å². The molecular weight excluding hydrogens is 518 g/mol. The molecule has 0 saturated carbocycles. The van der Waals surface area contributed by atoms with Gasteiger partial charge in [-0.05, 0) is 56.2 Å². The van der Waals surface area contributed by atoms with Crippen LogP contribution < -0.4 is 9.62 Å². The van der Waals surface area contributed by atoms with Gasteiger partial charge in [-0.15, -0.1) is 0 Å². The second kappa shape index (κ2) is 11.2. The van der Waals surface area contributed by atoms with Crippen molar-refractivity contribution in [1.82, 2.24) is 10.2 Å². The molecule has 0 aromatic heterocycles. The third kappa shape index (κ3) is 6.95. The van der Waals surface area contributed by atoms with Crippen LogP contribution >= 0.6 is 27.5 Å². The Morgan fingerprint density at radius 1 is 1.16 bits per heavy atom. The van der Waals surface area contributed by atoms with Gasteiger partial charge in [-0.25, -0.2) is 8.42 Å². The second-order valence-corrected chi connectivity index (χ2v) is 10.7. The van der Waals surface area contributed by atoms with E-state index in [0.29, 0.717) is 22.8 Å². The predicted molar refractivity (Wildman–Crippen MR) is 131 cm³/mol. The van der Waals surface area contributed by atoms with Gasteiger partial charge < -0.3 is 10.2 Å². The smallest absolute Gasteiger partial charge is 0.244 e. The largest absolute Gasteiger partial charge is 0.355 e. The number of rotatable bonds is 9. The fourth-order valence-corrected chi connectivity index (χ4v) is 4.47. The number of carbonyl (C=O) groups excluding carboxylic acids is 2. The van der Waals surface area contributed by atoms with E-state index in [4.69, 9.17) is 11.6 Å². The number of benzene rings is 2. The number of likely N-dealkylation sites (N-methyl/N-ethyl adjacent to an activating group) is 1. The Kier molecular flexibility index (Phi) is 9.12. The maximum atomic E-state index is 13.4. The highest BCUT2D eigenvalue weighted by molar-refractivity contribution is 9.10. The number of amides is 2. The van der Waals surface area contributed by atoms with E-state index >= 15 is 0 Å². The Balaban J connectivity index is 2.42. The van der Waals surface area contributed by atoms with Gasteiger partial charge in [-0.2, -0.15) is 0 Å². The molecule has 2 aromatic rings. The van der Waals surface area contributed by atoms with E-state index in [1.165, 1.54) is 11.0 Å². The Hall–Kier alpha value is -2.10. The summed E-state index contributed by atoms with van der Waals surface area (Å²) in [6.07, 6.45) is 1.03. The molecule has 2 aromatic carbocycles.